The second-order valence-corrected chi connectivity index (χ2v) is 8.49. The highest BCUT2D eigenvalue weighted by molar-refractivity contribution is 8.18. The summed E-state index contributed by atoms with van der Waals surface area (Å²) >= 11 is 2.80. The Morgan fingerprint density at radius 3 is 2.59 bits per heavy atom. The number of hydrogen-bond acceptors (Lipinski definition) is 9. The number of ether oxygens (including phenoxy) is 2. The molecule has 2 aromatic heterocycles. The molecule has 3 heterocycles. The van der Waals surface area contributed by atoms with Crippen LogP contribution in [0.2, 0.25) is 0 Å². The molecule has 8 nitrogen and oxygen atoms in total. The highest BCUT2D eigenvalue weighted by atomic mass is 32.2. The molecule has 10 heteroatoms. The molecule has 0 aliphatic carbocycles. The zero-order valence-electron chi connectivity index (χ0n) is 17.2. The van der Waals surface area contributed by atoms with Crippen molar-refractivity contribution in [1.29, 1.82) is 0 Å². The van der Waals surface area contributed by atoms with Gasteiger partial charge in [0.2, 0.25) is 5.75 Å². The van der Waals surface area contributed by atoms with Crippen molar-refractivity contribution in [3.05, 3.63) is 69.1 Å². The monoisotopic (exact) mass is 469 g/mol. The minimum Gasteiger partial charge on any atom is -0.502 e. The molecular formula is C22H19N3O5S2. The highest BCUT2D eigenvalue weighted by Gasteiger charge is 2.34. The summed E-state index contributed by atoms with van der Waals surface area (Å²) in [4.78, 5) is 16.1. The van der Waals surface area contributed by atoms with E-state index in [1.165, 1.54) is 37.1 Å². The largest absolute Gasteiger partial charge is 0.502 e. The summed E-state index contributed by atoms with van der Waals surface area (Å²) in [7, 11) is 2.90. The Balaban J connectivity index is 1.62. The van der Waals surface area contributed by atoms with E-state index >= 15 is 0 Å². The fraction of sp³-hybridized carbons (Fsp3) is 0.136. The summed E-state index contributed by atoms with van der Waals surface area (Å²) < 4.78 is 15.7. The van der Waals surface area contributed by atoms with Gasteiger partial charge in [-0.3, -0.25) is 9.69 Å². The lowest BCUT2D eigenvalue weighted by Gasteiger charge is -2.12. The van der Waals surface area contributed by atoms with E-state index in [2.05, 4.69) is 10.2 Å². The fourth-order valence-electron chi connectivity index (χ4n) is 2.92. The van der Waals surface area contributed by atoms with Crippen molar-refractivity contribution in [2.45, 2.75) is 6.54 Å². The molecule has 3 aromatic rings. The first kappa shape index (κ1) is 21.7. The van der Waals surface area contributed by atoms with Gasteiger partial charge in [-0.25, -0.2) is 0 Å². The minimum atomic E-state index is -0.165. The van der Waals surface area contributed by atoms with Crippen molar-refractivity contribution in [2.75, 3.05) is 14.2 Å². The van der Waals surface area contributed by atoms with Crippen molar-refractivity contribution in [3.8, 4) is 17.2 Å². The van der Waals surface area contributed by atoms with Gasteiger partial charge < -0.3 is 19.0 Å². The average molecular weight is 470 g/mol. The zero-order chi connectivity index (χ0) is 22.5. The van der Waals surface area contributed by atoms with Crippen LogP contribution in [0.1, 0.15) is 16.2 Å². The lowest BCUT2D eigenvalue weighted by Crippen LogP contribution is -2.28. The molecule has 0 atom stereocenters. The third kappa shape index (κ3) is 4.71. The number of methoxy groups -OCH3 is 2. The molecule has 1 N–H and O–H groups in total. The van der Waals surface area contributed by atoms with Crippen molar-refractivity contribution in [2.24, 2.45) is 10.2 Å². The Hall–Kier alpha value is -3.50. The number of aromatic hydroxyl groups is 1. The molecule has 1 aromatic carbocycles. The summed E-state index contributed by atoms with van der Waals surface area (Å²) in [6.45, 7) is 0.246. The van der Waals surface area contributed by atoms with Crippen LogP contribution in [0, 0.1) is 0 Å². The molecule has 4 rings (SSSR count). The molecule has 1 amide bonds. The van der Waals surface area contributed by atoms with Gasteiger partial charge in [0.05, 0.1) is 38.1 Å². The van der Waals surface area contributed by atoms with Crippen molar-refractivity contribution < 1.29 is 23.8 Å². The number of phenolic OH excluding ortho intramolecular Hbond substituents is 1. The summed E-state index contributed by atoms with van der Waals surface area (Å²) in [5.74, 6) is 0.889. The van der Waals surface area contributed by atoms with Gasteiger partial charge in [0.25, 0.3) is 5.91 Å². The molecule has 32 heavy (non-hydrogen) atoms. The van der Waals surface area contributed by atoms with Crippen molar-refractivity contribution in [1.82, 2.24) is 4.90 Å². The number of carbonyl (C=O) groups is 1. The van der Waals surface area contributed by atoms with E-state index in [0.717, 1.165) is 4.88 Å². The molecule has 164 valence electrons. The number of carbonyl (C=O) groups excluding carboxylic acids is 1. The van der Waals surface area contributed by atoms with Gasteiger partial charge in [-0.05, 0) is 53.5 Å². The van der Waals surface area contributed by atoms with Crippen LogP contribution in [0.25, 0.3) is 6.08 Å². The lowest BCUT2D eigenvalue weighted by atomic mass is 10.2. The molecular weight excluding hydrogens is 450 g/mol. The zero-order valence-corrected chi connectivity index (χ0v) is 18.9. The quantitative estimate of drug-likeness (QED) is 0.309. The maximum absolute atomic E-state index is 13.0. The van der Waals surface area contributed by atoms with Crippen LogP contribution in [-0.4, -0.2) is 41.5 Å². The molecule has 0 bridgehead atoms. The molecule has 1 fully saturated rings. The van der Waals surface area contributed by atoms with Gasteiger partial charge in [0.1, 0.15) is 5.76 Å². The minimum absolute atomic E-state index is 0.0941. The average Bonchev–Trinajstić information content (AvgIpc) is 3.55. The van der Waals surface area contributed by atoms with Crippen LogP contribution in [0.3, 0.4) is 0 Å². The highest BCUT2D eigenvalue weighted by Crippen LogP contribution is 2.37. The number of amidine groups is 1. The van der Waals surface area contributed by atoms with Crippen LogP contribution < -0.4 is 9.47 Å². The first-order chi connectivity index (χ1) is 15.6. The first-order valence-corrected chi connectivity index (χ1v) is 11.1. The number of thiophene rings is 1. The third-order valence-corrected chi connectivity index (χ3v) is 6.27. The number of hydrogen-bond donors (Lipinski definition) is 1. The van der Waals surface area contributed by atoms with E-state index in [4.69, 9.17) is 13.9 Å². The number of furan rings is 1. The summed E-state index contributed by atoms with van der Waals surface area (Å²) in [5, 5.41) is 20.9. The number of nitrogens with zero attached hydrogens (tertiary/aromatic N) is 3. The number of thioether (sulfide) groups is 1. The molecule has 1 saturated heterocycles. The smallest absolute Gasteiger partial charge is 0.267 e. The number of amides is 1. The molecule has 1 aliphatic rings. The van der Waals surface area contributed by atoms with Gasteiger partial charge in [-0.2, -0.15) is 5.10 Å². The predicted molar refractivity (Wildman–Crippen MR) is 125 cm³/mol. The lowest BCUT2D eigenvalue weighted by molar-refractivity contribution is -0.122. The van der Waals surface area contributed by atoms with E-state index in [9.17, 15) is 9.90 Å². The molecule has 1 aliphatic heterocycles. The first-order valence-electron chi connectivity index (χ1n) is 9.42. The Labute approximate surface area is 192 Å². The second kappa shape index (κ2) is 9.75. The van der Waals surface area contributed by atoms with Gasteiger partial charge >= 0.3 is 0 Å². The number of phenols is 1. The van der Waals surface area contributed by atoms with Gasteiger partial charge in [0, 0.05) is 10.4 Å². The van der Waals surface area contributed by atoms with E-state index in [-0.39, 0.29) is 29.7 Å². The fourth-order valence-corrected chi connectivity index (χ4v) is 4.57. The Morgan fingerprint density at radius 1 is 1.19 bits per heavy atom. The Kier molecular flexibility index (Phi) is 6.62. The van der Waals surface area contributed by atoms with Gasteiger partial charge in [-0.15, -0.1) is 16.4 Å². The summed E-state index contributed by atoms with van der Waals surface area (Å²) in [6.07, 6.45) is 4.90. The van der Waals surface area contributed by atoms with E-state index in [1.54, 1.807) is 41.9 Å². The third-order valence-electron chi connectivity index (χ3n) is 4.45. The Bertz CT molecular complexity index is 1160. The molecule has 0 unspecified atom stereocenters. The topological polar surface area (TPSA) is 96.9 Å². The number of benzene rings is 1. The van der Waals surface area contributed by atoms with E-state index < -0.39 is 0 Å². The van der Waals surface area contributed by atoms with Gasteiger partial charge in [0.15, 0.2) is 16.7 Å². The van der Waals surface area contributed by atoms with Crippen LogP contribution in [-0.2, 0) is 11.3 Å². The molecule has 0 spiro atoms. The SMILES string of the molecule is COc1cc(/C=N\N=C2\S/C(=C\c3cccs3)C(=O)N2Cc2ccco2)cc(OC)c1O. The van der Waals surface area contributed by atoms with Crippen LogP contribution >= 0.6 is 23.1 Å². The number of rotatable bonds is 7. The second-order valence-electron chi connectivity index (χ2n) is 6.50. The maximum Gasteiger partial charge on any atom is 0.267 e. The van der Waals surface area contributed by atoms with Crippen LogP contribution in [0.15, 0.2) is 67.6 Å². The molecule has 0 saturated carbocycles. The summed E-state index contributed by atoms with van der Waals surface area (Å²) in [5.41, 5.74) is 0.613. The predicted octanol–water partition coefficient (Wildman–Crippen LogP) is 4.57. The van der Waals surface area contributed by atoms with Crippen LogP contribution in [0.4, 0.5) is 0 Å². The maximum atomic E-state index is 13.0. The molecule has 0 radical (unpaired) electrons. The Morgan fingerprint density at radius 2 is 1.97 bits per heavy atom. The standard InChI is InChI=1S/C22H19N3O5S2/c1-28-17-9-14(10-18(29-2)20(17)26)12-23-24-22-25(13-15-5-3-7-30-15)21(27)19(32-22)11-16-6-4-8-31-16/h3-12,26H,13H2,1-2H3/b19-11-,23-12-,24-22+. The normalized spacial score (nSPS) is 16.6. The van der Waals surface area contributed by atoms with Crippen molar-refractivity contribution >= 4 is 46.5 Å². The van der Waals surface area contributed by atoms with E-state index in [1.807, 2.05) is 23.6 Å². The summed E-state index contributed by atoms with van der Waals surface area (Å²) in [6, 6.07) is 10.7. The van der Waals surface area contributed by atoms with Crippen LogP contribution in [0.5, 0.6) is 17.2 Å². The van der Waals surface area contributed by atoms with E-state index in [0.29, 0.717) is 21.4 Å². The van der Waals surface area contributed by atoms with Crippen molar-refractivity contribution in [3.63, 3.8) is 0 Å². The van der Waals surface area contributed by atoms with Gasteiger partial charge in [-0.1, -0.05) is 6.07 Å².